The number of rotatable bonds is 10. The summed E-state index contributed by atoms with van der Waals surface area (Å²) in [4.78, 5) is 31.6. The van der Waals surface area contributed by atoms with Crippen molar-refractivity contribution in [1.29, 1.82) is 0 Å². The van der Waals surface area contributed by atoms with Gasteiger partial charge >= 0.3 is 5.97 Å². The Labute approximate surface area is 216 Å². The molecule has 0 saturated carbocycles. The minimum atomic E-state index is -0.929. The third-order valence-corrected chi connectivity index (χ3v) is 6.90. The Hall–Kier alpha value is -4.19. The van der Waals surface area contributed by atoms with Crippen LogP contribution in [-0.2, 0) is 32.1 Å². The number of ether oxygens (including phenoxy) is 1. The van der Waals surface area contributed by atoms with Crippen molar-refractivity contribution in [3.8, 4) is 5.75 Å². The van der Waals surface area contributed by atoms with Crippen molar-refractivity contribution in [3.63, 3.8) is 0 Å². The fourth-order valence-electron chi connectivity index (χ4n) is 4.97. The van der Waals surface area contributed by atoms with Crippen molar-refractivity contribution in [2.45, 2.75) is 44.9 Å². The number of carbonyl (C=O) groups excluding carboxylic acids is 1. The van der Waals surface area contributed by atoms with Gasteiger partial charge in [-0.3, -0.25) is 4.79 Å². The molecule has 0 amide bonds. The maximum Gasteiger partial charge on any atom is 0.335 e. The number of aryl methyl sites for hydroxylation is 1. The number of aromatic nitrogens is 2. The first kappa shape index (κ1) is 24.5. The van der Waals surface area contributed by atoms with Crippen molar-refractivity contribution < 1.29 is 19.4 Å². The molecule has 188 valence electrons. The number of H-pyrrole nitrogens is 1. The number of carboxylic acids is 1. The van der Waals surface area contributed by atoms with Gasteiger partial charge in [0.05, 0.1) is 12.2 Å². The van der Waals surface area contributed by atoms with Crippen LogP contribution in [0, 0.1) is 0 Å². The summed E-state index contributed by atoms with van der Waals surface area (Å²) in [6.45, 7) is 0.478. The van der Waals surface area contributed by atoms with Crippen LogP contribution in [0.1, 0.15) is 67.3 Å². The van der Waals surface area contributed by atoms with E-state index in [4.69, 9.17) is 9.84 Å². The van der Waals surface area contributed by atoms with E-state index in [1.54, 1.807) is 12.1 Å². The molecule has 1 aliphatic carbocycles. The van der Waals surface area contributed by atoms with Gasteiger partial charge < -0.3 is 14.8 Å². The van der Waals surface area contributed by atoms with Gasteiger partial charge in [-0.05, 0) is 72.2 Å². The normalized spacial score (nSPS) is 12.8. The number of imidazole rings is 1. The molecule has 6 nitrogen and oxygen atoms in total. The maximum atomic E-state index is 12.5. The van der Waals surface area contributed by atoms with E-state index in [0.29, 0.717) is 19.4 Å². The van der Waals surface area contributed by atoms with Crippen LogP contribution in [-0.4, -0.2) is 33.4 Å². The lowest BCUT2D eigenvalue weighted by molar-refractivity contribution is 0.0696. The van der Waals surface area contributed by atoms with Crippen molar-refractivity contribution in [1.82, 2.24) is 9.97 Å². The third-order valence-electron chi connectivity index (χ3n) is 6.90. The Balaban J connectivity index is 1.27. The lowest BCUT2D eigenvalue weighted by atomic mass is 9.85. The molecular formula is C31H30N2O4. The standard InChI is InChI=1S/C31H30N2O4/c34-28-8-4-7-25-26(28)15-16-29(27(25)14-11-21-9-12-23(13-10-21)31(35)36)37-18-17-30-32-20-24(33-30)19-22-5-2-1-3-6-22/h1-3,5-6,9-10,12-13,15-16,20H,4,7-8,11,14,17-19H2,(H,32,33)(H,35,36). The number of benzene rings is 3. The fourth-order valence-corrected chi connectivity index (χ4v) is 4.97. The van der Waals surface area contributed by atoms with E-state index in [1.807, 2.05) is 48.7 Å². The zero-order valence-corrected chi connectivity index (χ0v) is 20.7. The van der Waals surface area contributed by atoms with Crippen LogP contribution >= 0.6 is 0 Å². The number of nitrogens with one attached hydrogen (secondary N) is 1. The summed E-state index contributed by atoms with van der Waals surface area (Å²) in [6.07, 6.45) is 7.12. The summed E-state index contributed by atoms with van der Waals surface area (Å²) in [5.41, 5.74) is 6.63. The first-order chi connectivity index (χ1) is 18.1. The predicted octanol–water partition coefficient (Wildman–Crippen LogP) is 5.62. The summed E-state index contributed by atoms with van der Waals surface area (Å²) in [5, 5.41) is 9.15. The van der Waals surface area contributed by atoms with Crippen molar-refractivity contribution in [3.05, 3.63) is 118 Å². The number of hydrogen-bond acceptors (Lipinski definition) is 4. The second-order valence-corrected chi connectivity index (χ2v) is 9.46. The number of nitrogens with zero attached hydrogens (tertiary/aromatic N) is 1. The van der Waals surface area contributed by atoms with Crippen LogP contribution in [0.25, 0.3) is 0 Å². The molecule has 37 heavy (non-hydrogen) atoms. The van der Waals surface area contributed by atoms with E-state index in [-0.39, 0.29) is 11.3 Å². The molecule has 5 rings (SSSR count). The van der Waals surface area contributed by atoms with Gasteiger partial charge in [-0.25, -0.2) is 9.78 Å². The second-order valence-electron chi connectivity index (χ2n) is 9.46. The highest BCUT2D eigenvalue weighted by molar-refractivity contribution is 5.99. The fraction of sp³-hybridized carbons (Fsp3) is 0.258. The SMILES string of the molecule is O=C(O)c1ccc(CCc2c(OCCc3ncc(Cc4ccccc4)[nH]3)ccc3c2CCCC3=O)cc1. The molecule has 4 aromatic rings. The average Bonchev–Trinajstić information content (AvgIpc) is 3.36. The summed E-state index contributed by atoms with van der Waals surface area (Å²) >= 11 is 0. The second kappa shape index (κ2) is 11.2. The summed E-state index contributed by atoms with van der Waals surface area (Å²) < 4.78 is 6.26. The molecule has 1 heterocycles. The number of aromatic amines is 1. The molecule has 0 fully saturated rings. The summed E-state index contributed by atoms with van der Waals surface area (Å²) in [5.74, 6) is 0.967. The topological polar surface area (TPSA) is 92.3 Å². The van der Waals surface area contributed by atoms with Crippen LogP contribution in [0.2, 0.25) is 0 Å². The number of carbonyl (C=O) groups is 2. The molecule has 2 N–H and O–H groups in total. The average molecular weight is 495 g/mol. The van der Waals surface area contributed by atoms with Crippen LogP contribution in [0.3, 0.4) is 0 Å². The highest BCUT2D eigenvalue weighted by Gasteiger charge is 2.22. The molecule has 0 spiro atoms. The van der Waals surface area contributed by atoms with Gasteiger partial charge in [0.2, 0.25) is 0 Å². The smallest absolute Gasteiger partial charge is 0.335 e. The molecule has 1 aromatic heterocycles. The molecule has 0 atom stereocenters. The first-order valence-electron chi connectivity index (χ1n) is 12.8. The minimum absolute atomic E-state index is 0.196. The van der Waals surface area contributed by atoms with E-state index in [2.05, 4.69) is 22.1 Å². The number of ketones is 1. The molecule has 0 aliphatic heterocycles. The van der Waals surface area contributed by atoms with Gasteiger partial charge in [0.15, 0.2) is 5.78 Å². The molecular weight excluding hydrogens is 464 g/mol. The quantitative estimate of drug-likeness (QED) is 0.298. The third kappa shape index (κ3) is 5.97. The van der Waals surface area contributed by atoms with Gasteiger partial charge in [-0.1, -0.05) is 42.5 Å². The van der Waals surface area contributed by atoms with Crippen molar-refractivity contribution in [2.75, 3.05) is 6.61 Å². The van der Waals surface area contributed by atoms with Gasteiger partial charge in [0, 0.05) is 36.7 Å². The molecule has 0 radical (unpaired) electrons. The van der Waals surface area contributed by atoms with Crippen LogP contribution < -0.4 is 4.74 Å². The number of carboxylic acid groups (broad SMARTS) is 1. The molecule has 6 heteroatoms. The number of Topliss-reactive ketones (excluding diaryl/α,β-unsaturated/α-hetero) is 1. The maximum absolute atomic E-state index is 12.5. The molecule has 1 aliphatic rings. The lowest BCUT2D eigenvalue weighted by Crippen LogP contribution is -2.15. The highest BCUT2D eigenvalue weighted by atomic mass is 16.5. The number of aromatic carboxylic acids is 1. The largest absolute Gasteiger partial charge is 0.493 e. The highest BCUT2D eigenvalue weighted by Crippen LogP contribution is 2.32. The van der Waals surface area contributed by atoms with E-state index in [1.165, 1.54) is 5.56 Å². The van der Waals surface area contributed by atoms with E-state index < -0.39 is 5.97 Å². The first-order valence-corrected chi connectivity index (χ1v) is 12.8. The van der Waals surface area contributed by atoms with Crippen LogP contribution in [0.5, 0.6) is 5.75 Å². The van der Waals surface area contributed by atoms with Crippen LogP contribution in [0.4, 0.5) is 0 Å². The predicted molar refractivity (Wildman–Crippen MR) is 142 cm³/mol. The Morgan fingerprint density at radius 2 is 1.73 bits per heavy atom. The van der Waals surface area contributed by atoms with E-state index >= 15 is 0 Å². The Kier molecular flexibility index (Phi) is 7.45. The summed E-state index contributed by atoms with van der Waals surface area (Å²) in [7, 11) is 0. The molecule has 0 saturated heterocycles. The minimum Gasteiger partial charge on any atom is -0.493 e. The summed E-state index contributed by atoms with van der Waals surface area (Å²) in [6, 6.07) is 21.1. The Bertz CT molecular complexity index is 1390. The monoisotopic (exact) mass is 494 g/mol. The van der Waals surface area contributed by atoms with Gasteiger partial charge in [-0.2, -0.15) is 0 Å². The molecule has 3 aromatic carbocycles. The Morgan fingerprint density at radius 3 is 2.51 bits per heavy atom. The zero-order valence-electron chi connectivity index (χ0n) is 20.7. The lowest BCUT2D eigenvalue weighted by Gasteiger charge is -2.22. The van der Waals surface area contributed by atoms with Gasteiger partial charge in [0.25, 0.3) is 0 Å². The number of fused-ring (bicyclic) bond motifs is 1. The molecule has 0 unspecified atom stereocenters. The van der Waals surface area contributed by atoms with E-state index in [9.17, 15) is 9.59 Å². The zero-order chi connectivity index (χ0) is 25.6. The number of hydrogen-bond donors (Lipinski definition) is 2. The Morgan fingerprint density at radius 1 is 0.919 bits per heavy atom. The van der Waals surface area contributed by atoms with Gasteiger partial charge in [0.1, 0.15) is 11.6 Å². The van der Waals surface area contributed by atoms with E-state index in [0.717, 1.165) is 71.6 Å². The van der Waals surface area contributed by atoms with Gasteiger partial charge in [-0.15, -0.1) is 0 Å². The van der Waals surface area contributed by atoms with Crippen LogP contribution in [0.15, 0.2) is 72.9 Å². The van der Waals surface area contributed by atoms with Crippen molar-refractivity contribution in [2.24, 2.45) is 0 Å². The van der Waals surface area contributed by atoms with Crippen molar-refractivity contribution >= 4 is 11.8 Å². The molecule has 0 bridgehead atoms.